The van der Waals surface area contributed by atoms with E-state index in [1.54, 1.807) is 7.11 Å². The molecule has 14 heavy (non-hydrogen) atoms. The Hall–Kier alpha value is -0.860. The topological polar surface area (TPSA) is 35.2 Å². The minimum absolute atomic E-state index is 0.114. The molecule has 1 aliphatic rings. The summed E-state index contributed by atoms with van der Waals surface area (Å²) in [5.41, 5.74) is 8.72. The number of ether oxygens (including phenoxy) is 1. The van der Waals surface area contributed by atoms with Gasteiger partial charge < -0.3 is 10.5 Å². The molecule has 1 aromatic rings. The molecular formula is C12H17NO. The number of rotatable bonds is 4. The molecule has 76 valence electrons. The lowest BCUT2D eigenvalue weighted by molar-refractivity contribution is 0.185. The van der Waals surface area contributed by atoms with Gasteiger partial charge in [0.25, 0.3) is 0 Å². The Labute approximate surface area is 85.1 Å². The molecule has 1 fully saturated rings. The van der Waals surface area contributed by atoms with Crippen molar-refractivity contribution in [2.24, 2.45) is 5.73 Å². The second kappa shape index (κ2) is 3.71. The van der Waals surface area contributed by atoms with Crippen molar-refractivity contribution in [3.63, 3.8) is 0 Å². The number of benzene rings is 1. The van der Waals surface area contributed by atoms with Crippen LogP contribution >= 0.6 is 0 Å². The highest BCUT2D eigenvalue weighted by Crippen LogP contribution is 2.35. The maximum absolute atomic E-state index is 6.05. The van der Waals surface area contributed by atoms with Gasteiger partial charge in [-0.25, -0.2) is 0 Å². The van der Waals surface area contributed by atoms with Crippen molar-refractivity contribution in [3.8, 4) is 0 Å². The van der Waals surface area contributed by atoms with Crippen LogP contribution in [0.15, 0.2) is 24.3 Å². The molecule has 1 aliphatic carbocycles. The summed E-state index contributed by atoms with van der Waals surface area (Å²) in [6.45, 7) is 0.689. The molecule has 0 heterocycles. The summed E-state index contributed by atoms with van der Waals surface area (Å²) >= 11 is 0. The average Bonchev–Trinajstić information content (AvgIpc) is 2.88. The number of nitrogens with two attached hydrogens (primary N) is 1. The van der Waals surface area contributed by atoms with Crippen LogP contribution in [0.5, 0.6) is 0 Å². The predicted molar refractivity (Wildman–Crippen MR) is 57.0 cm³/mol. The Morgan fingerprint density at radius 2 is 1.79 bits per heavy atom. The fourth-order valence-corrected chi connectivity index (χ4v) is 1.66. The minimum Gasteiger partial charge on any atom is -0.380 e. The zero-order valence-electron chi connectivity index (χ0n) is 8.62. The van der Waals surface area contributed by atoms with Crippen LogP contribution in [0.4, 0.5) is 0 Å². The van der Waals surface area contributed by atoms with Gasteiger partial charge in [-0.2, -0.15) is 0 Å². The van der Waals surface area contributed by atoms with E-state index in [0.717, 1.165) is 6.42 Å². The molecule has 0 bridgehead atoms. The van der Waals surface area contributed by atoms with Crippen LogP contribution < -0.4 is 5.73 Å². The van der Waals surface area contributed by atoms with Gasteiger partial charge in [0, 0.05) is 12.6 Å². The monoisotopic (exact) mass is 191 g/mol. The summed E-state index contributed by atoms with van der Waals surface area (Å²) < 4.78 is 5.06. The zero-order chi connectivity index (χ0) is 10.0. The van der Waals surface area contributed by atoms with Crippen LogP contribution in [0, 0.1) is 0 Å². The molecule has 2 rings (SSSR count). The standard InChI is InChI=1S/C12H17NO/c1-14-9-11-4-2-10(3-5-11)8-12(13)6-7-12/h2-5H,6-9,13H2,1H3. The summed E-state index contributed by atoms with van der Waals surface area (Å²) in [5, 5.41) is 0. The molecule has 0 aliphatic heterocycles. The maximum Gasteiger partial charge on any atom is 0.0713 e. The van der Waals surface area contributed by atoms with Crippen molar-refractivity contribution in [1.29, 1.82) is 0 Å². The first-order valence-corrected chi connectivity index (χ1v) is 5.07. The van der Waals surface area contributed by atoms with Crippen LogP contribution in [-0.4, -0.2) is 12.6 Å². The predicted octanol–water partition coefficient (Wildman–Crippen LogP) is 1.87. The Kier molecular flexibility index (Phi) is 2.57. The first-order chi connectivity index (χ1) is 6.72. The van der Waals surface area contributed by atoms with E-state index in [2.05, 4.69) is 24.3 Å². The van der Waals surface area contributed by atoms with Gasteiger partial charge in [-0.05, 0) is 30.4 Å². The average molecular weight is 191 g/mol. The Morgan fingerprint density at radius 1 is 1.21 bits per heavy atom. The van der Waals surface area contributed by atoms with Crippen molar-refractivity contribution >= 4 is 0 Å². The highest BCUT2D eigenvalue weighted by atomic mass is 16.5. The summed E-state index contributed by atoms with van der Waals surface area (Å²) in [6, 6.07) is 8.54. The van der Waals surface area contributed by atoms with Crippen molar-refractivity contribution in [2.45, 2.75) is 31.4 Å². The molecular weight excluding hydrogens is 174 g/mol. The smallest absolute Gasteiger partial charge is 0.0713 e. The second-order valence-corrected chi connectivity index (χ2v) is 4.29. The molecule has 2 nitrogen and oxygen atoms in total. The van der Waals surface area contributed by atoms with Crippen molar-refractivity contribution < 1.29 is 4.74 Å². The van der Waals surface area contributed by atoms with Gasteiger partial charge >= 0.3 is 0 Å². The van der Waals surface area contributed by atoms with E-state index >= 15 is 0 Å². The largest absolute Gasteiger partial charge is 0.380 e. The third-order valence-corrected chi connectivity index (χ3v) is 2.78. The van der Waals surface area contributed by atoms with Crippen LogP contribution in [0.3, 0.4) is 0 Å². The van der Waals surface area contributed by atoms with Gasteiger partial charge in [0.15, 0.2) is 0 Å². The summed E-state index contributed by atoms with van der Waals surface area (Å²) in [4.78, 5) is 0. The highest BCUT2D eigenvalue weighted by molar-refractivity contribution is 5.25. The van der Waals surface area contributed by atoms with E-state index < -0.39 is 0 Å². The van der Waals surface area contributed by atoms with E-state index in [-0.39, 0.29) is 5.54 Å². The van der Waals surface area contributed by atoms with Gasteiger partial charge in [-0.15, -0.1) is 0 Å². The van der Waals surface area contributed by atoms with Gasteiger partial charge in [0.05, 0.1) is 6.61 Å². The van der Waals surface area contributed by atoms with Gasteiger partial charge in [0.2, 0.25) is 0 Å². The Morgan fingerprint density at radius 3 is 2.29 bits per heavy atom. The molecule has 0 unspecified atom stereocenters. The summed E-state index contributed by atoms with van der Waals surface area (Å²) in [6.07, 6.45) is 3.36. The molecule has 0 aromatic heterocycles. The first kappa shape index (κ1) is 9.69. The molecule has 1 saturated carbocycles. The number of hydrogen-bond donors (Lipinski definition) is 1. The molecule has 0 amide bonds. The Bertz CT molecular complexity index is 301. The third kappa shape index (κ3) is 2.34. The van der Waals surface area contributed by atoms with E-state index in [4.69, 9.17) is 10.5 Å². The normalized spacial score (nSPS) is 18.1. The van der Waals surface area contributed by atoms with Gasteiger partial charge in [0.1, 0.15) is 0 Å². The molecule has 1 aromatic carbocycles. The van der Waals surface area contributed by atoms with Crippen molar-refractivity contribution in [3.05, 3.63) is 35.4 Å². The first-order valence-electron chi connectivity index (χ1n) is 5.07. The zero-order valence-corrected chi connectivity index (χ0v) is 8.62. The summed E-state index contributed by atoms with van der Waals surface area (Å²) in [7, 11) is 1.72. The maximum atomic E-state index is 6.05. The number of hydrogen-bond acceptors (Lipinski definition) is 2. The lowest BCUT2D eigenvalue weighted by Gasteiger charge is -2.08. The van der Waals surface area contributed by atoms with Gasteiger partial charge in [-0.3, -0.25) is 0 Å². The molecule has 2 heteroatoms. The number of methoxy groups -OCH3 is 1. The molecule has 0 atom stereocenters. The lowest BCUT2D eigenvalue weighted by atomic mass is 10.0. The van der Waals surface area contributed by atoms with Gasteiger partial charge in [-0.1, -0.05) is 24.3 Å². The Balaban J connectivity index is 1.99. The van der Waals surface area contributed by atoms with E-state index in [1.807, 2.05) is 0 Å². The second-order valence-electron chi connectivity index (χ2n) is 4.29. The third-order valence-electron chi connectivity index (χ3n) is 2.78. The van der Waals surface area contributed by atoms with Crippen LogP contribution in [0.1, 0.15) is 24.0 Å². The van der Waals surface area contributed by atoms with Crippen LogP contribution in [-0.2, 0) is 17.8 Å². The molecule has 0 radical (unpaired) electrons. The lowest BCUT2D eigenvalue weighted by Crippen LogP contribution is -2.24. The fourth-order valence-electron chi connectivity index (χ4n) is 1.66. The minimum atomic E-state index is 0.114. The van der Waals surface area contributed by atoms with Crippen LogP contribution in [0.2, 0.25) is 0 Å². The van der Waals surface area contributed by atoms with Crippen molar-refractivity contribution in [1.82, 2.24) is 0 Å². The highest BCUT2D eigenvalue weighted by Gasteiger charge is 2.37. The quantitative estimate of drug-likeness (QED) is 0.788. The van der Waals surface area contributed by atoms with E-state index in [9.17, 15) is 0 Å². The van der Waals surface area contributed by atoms with Crippen LogP contribution in [0.25, 0.3) is 0 Å². The summed E-state index contributed by atoms with van der Waals surface area (Å²) in [5.74, 6) is 0. The fraction of sp³-hybridized carbons (Fsp3) is 0.500. The molecule has 0 saturated heterocycles. The van der Waals surface area contributed by atoms with E-state index in [0.29, 0.717) is 6.61 Å². The van der Waals surface area contributed by atoms with Crippen molar-refractivity contribution in [2.75, 3.05) is 7.11 Å². The van der Waals surface area contributed by atoms with E-state index in [1.165, 1.54) is 24.0 Å². The molecule has 2 N–H and O–H groups in total. The molecule has 0 spiro atoms. The SMILES string of the molecule is COCc1ccc(CC2(N)CC2)cc1.